The maximum atomic E-state index is 6.54. The Bertz CT molecular complexity index is 2740. The number of furan rings is 1. The van der Waals surface area contributed by atoms with Crippen LogP contribution in [0.25, 0.3) is 55.0 Å². The molecule has 0 radical (unpaired) electrons. The van der Waals surface area contributed by atoms with Crippen LogP contribution in [0.4, 0.5) is 17.1 Å². The number of fused-ring (bicyclic) bond motifs is 15. The van der Waals surface area contributed by atoms with Gasteiger partial charge in [0.05, 0.1) is 11.1 Å². The second kappa shape index (κ2) is 9.82. The molecule has 2 nitrogen and oxygen atoms in total. The molecule has 0 aliphatic heterocycles. The number of para-hydroxylation sites is 1. The number of nitrogens with zero attached hydrogens (tertiary/aromatic N) is 1. The molecular formula is C47H29NO. The van der Waals surface area contributed by atoms with Crippen molar-refractivity contribution in [3.8, 4) is 22.3 Å². The first kappa shape index (κ1) is 26.7. The molecule has 0 N–H and O–H groups in total. The Kier molecular flexibility index (Phi) is 5.34. The molecule has 2 aliphatic rings. The van der Waals surface area contributed by atoms with E-state index < -0.39 is 5.41 Å². The fraction of sp³-hybridized carbons (Fsp3) is 0.0213. The molecule has 11 rings (SSSR count). The maximum Gasteiger partial charge on any atom is 0.143 e. The summed E-state index contributed by atoms with van der Waals surface area (Å²) in [7, 11) is 0. The molecule has 0 fully saturated rings. The molecule has 228 valence electrons. The largest absolute Gasteiger partial charge is 0.455 e. The monoisotopic (exact) mass is 623 g/mol. The van der Waals surface area contributed by atoms with Gasteiger partial charge in [0.25, 0.3) is 0 Å². The van der Waals surface area contributed by atoms with Crippen molar-refractivity contribution in [3.05, 3.63) is 198 Å². The number of benzene rings is 8. The lowest BCUT2D eigenvalue weighted by molar-refractivity contribution is 0.672. The third-order valence-corrected chi connectivity index (χ3v) is 10.9. The number of anilines is 3. The zero-order valence-electron chi connectivity index (χ0n) is 26.6. The van der Waals surface area contributed by atoms with Gasteiger partial charge < -0.3 is 9.32 Å². The van der Waals surface area contributed by atoms with Gasteiger partial charge in [0.1, 0.15) is 11.2 Å². The molecule has 1 aromatic heterocycles. The van der Waals surface area contributed by atoms with Crippen molar-refractivity contribution in [2.45, 2.75) is 5.41 Å². The highest BCUT2D eigenvalue weighted by Crippen LogP contribution is 2.64. The Morgan fingerprint density at radius 2 is 1.04 bits per heavy atom. The molecular weight excluding hydrogens is 595 g/mol. The topological polar surface area (TPSA) is 16.4 Å². The first-order valence-electron chi connectivity index (χ1n) is 16.9. The Morgan fingerprint density at radius 1 is 0.408 bits per heavy atom. The van der Waals surface area contributed by atoms with Crippen LogP contribution in [-0.4, -0.2) is 0 Å². The van der Waals surface area contributed by atoms with Crippen LogP contribution >= 0.6 is 0 Å². The van der Waals surface area contributed by atoms with E-state index in [4.69, 9.17) is 4.42 Å². The molecule has 2 aliphatic carbocycles. The number of hydrogen-bond acceptors (Lipinski definition) is 2. The molecule has 0 bridgehead atoms. The SMILES string of the molecule is c1ccc(N(c2ccc3oc4c5ccccc5ccc4c3c2)c2cccc3c2-c2ccccc2C32c3ccccc3-c3ccccc32)cc1. The normalized spacial score (nSPS) is 13.5. The van der Waals surface area contributed by atoms with Gasteiger partial charge in [-0.15, -0.1) is 0 Å². The average Bonchev–Trinajstić information content (AvgIpc) is 3.80. The second-order valence-corrected chi connectivity index (χ2v) is 13.2. The van der Waals surface area contributed by atoms with Gasteiger partial charge in [0, 0.05) is 33.1 Å². The quantitative estimate of drug-likeness (QED) is 0.195. The van der Waals surface area contributed by atoms with Crippen molar-refractivity contribution in [3.63, 3.8) is 0 Å². The smallest absolute Gasteiger partial charge is 0.143 e. The van der Waals surface area contributed by atoms with Crippen molar-refractivity contribution in [1.29, 1.82) is 0 Å². The van der Waals surface area contributed by atoms with Crippen LogP contribution in [0.2, 0.25) is 0 Å². The highest BCUT2D eigenvalue weighted by molar-refractivity contribution is 6.16. The van der Waals surface area contributed by atoms with E-state index in [1.165, 1.54) is 49.9 Å². The lowest BCUT2D eigenvalue weighted by Crippen LogP contribution is -2.26. The van der Waals surface area contributed by atoms with E-state index in [0.717, 1.165) is 44.4 Å². The van der Waals surface area contributed by atoms with E-state index in [2.05, 4.69) is 181 Å². The Labute approximate surface area is 284 Å². The van der Waals surface area contributed by atoms with Gasteiger partial charge in [-0.1, -0.05) is 133 Å². The van der Waals surface area contributed by atoms with Crippen LogP contribution in [0, 0.1) is 0 Å². The predicted molar refractivity (Wildman–Crippen MR) is 202 cm³/mol. The lowest BCUT2D eigenvalue weighted by Gasteiger charge is -2.31. The molecule has 49 heavy (non-hydrogen) atoms. The molecule has 8 aromatic carbocycles. The van der Waals surface area contributed by atoms with Gasteiger partial charge in [0.15, 0.2) is 0 Å². The first-order chi connectivity index (χ1) is 24.3. The minimum Gasteiger partial charge on any atom is -0.455 e. The van der Waals surface area contributed by atoms with E-state index in [0.29, 0.717) is 0 Å². The molecule has 0 unspecified atom stereocenters. The summed E-state index contributed by atoms with van der Waals surface area (Å²) in [4.78, 5) is 2.43. The van der Waals surface area contributed by atoms with Crippen LogP contribution in [0.1, 0.15) is 22.3 Å². The highest BCUT2D eigenvalue weighted by atomic mass is 16.3. The minimum atomic E-state index is -0.400. The summed E-state index contributed by atoms with van der Waals surface area (Å²) in [5.74, 6) is 0. The van der Waals surface area contributed by atoms with E-state index in [-0.39, 0.29) is 0 Å². The van der Waals surface area contributed by atoms with Crippen molar-refractivity contribution in [2.24, 2.45) is 0 Å². The van der Waals surface area contributed by atoms with Crippen LogP contribution < -0.4 is 4.90 Å². The molecule has 0 amide bonds. The summed E-state index contributed by atoms with van der Waals surface area (Å²) in [5.41, 5.74) is 15.3. The molecule has 9 aromatic rings. The van der Waals surface area contributed by atoms with Crippen LogP contribution in [0.15, 0.2) is 180 Å². The highest BCUT2D eigenvalue weighted by Gasteiger charge is 2.52. The molecule has 0 saturated carbocycles. The Morgan fingerprint density at radius 3 is 1.82 bits per heavy atom. The van der Waals surface area contributed by atoms with Crippen LogP contribution in [-0.2, 0) is 5.41 Å². The van der Waals surface area contributed by atoms with Gasteiger partial charge in [0.2, 0.25) is 0 Å². The summed E-state index contributed by atoms with van der Waals surface area (Å²) in [6.07, 6.45) is 0. The van der Waals surface area contributed by atoms with Gasteiger partial charge in [-0.3, -0.25) is 0 Å². The Hall–Kier alpha value is -6.38. The van der Waals surface area contributed by atoms with Crippen LogP contribution in [0.5, 0.6) is 0 Å². The van der Waals surface area contributed by atoms with E-state index in [9.17, 15) is 0 Å². The standard InChI is InChI=1S/C47H29NO/c1-2-14-31(15-3-1)48(32-26-28-44-38(29-32)36-27-25-30-13-4-5-16-33(30)46(36)49-44)43-24-12-23-42-45(43)37-19-8-11-22-41(37)47(42)39-20-9-6-17-34(39)35-18-7-10-21-40(35)47/h1-29H. The van der Waals surface area contributed by atoms with Crippen molar-refractivity contribution in [2.75, 3.05) is 4.90 Å². The zero-order valence-corrected chi connectivity index (χ0v) is 26.6. The summed E-state index contributed by atoms with van der Waals surface area (Å²) < 4.78 is 6.54. The molecule has 1 spiro atoms. The third kappa shape index (κ3) is 3.45. The number of hydrogen-bond donors (Lipinski definition) is 0. The third-order valence-electron chi connectivity index (χ3n) is 10.9. The fourth-order valence-corrected chi connectivity index (χ4v) is 8.95. The average molecular weight is 624 g/mol. The predicted octanol–water partition coefficient (Wildman–Crippen LogP) is 12.6. The molecule has 0 saturated heterocycles. The van der Waals surface area contributed by atoms with Gasteiger partial charge in [-0.25, -0.2) is 0 Å². The van der Waals surface area contributed by atoms with Gasteiger partial charge >= 0.3 is 0 Å². The fourth-order valence-electron chi connectivity index (χ4n) is 8.95. The summed E-state index contributed by atoms with van der Waals surface area (Å²) >= 11 is 0. The van der Waals surface area contributed by atoms with E-state index in [1.54, 1.807) is 0 Å². The summed E-state index contributed by atoms with van der Waals surface area (Å²) in [5, 5.41) is 4.56. The number of rotatable bonds is 3. The van der Waals surface area contributed by atoms with E-state index >= 15 is 0 Å². The lowest BCUT2D eigenvalue weighted by atomic mass is 9.70. The van der Waals surface area contributed by atoms with Crippen molar-refractivity contribution >= 4 is 49.8 Å². The summed E-state index contributed by atoms with van der Waals surface area (Å²) in [6, 6.07) is 64.2. The molecule has 2 heteroatoms. The van der Waals surface area contributed by atoms with Crippen molar-refractivity contribution < 1.29 is 4.42 Å². The van der Waals surface area contributed by atoms with Crippen molar-refractivity contribution in [1.82, 2.24) is 0 Å². The van der Waals surface area contributed by atoms with Gasteiger partial charge in [-0.05, 0) is 86.8 Å². The Balaban J connectivity index is 1.21. The van der Waals surface area contributed by atoms with Crippen LogP contribution in [0.3, 0.4) is 0 Å². The second-order valence-electron chi connectivity index (χ2n) is 13.2. The first-order valence-corrected chi connectivity index (χ1v) is 16.9. The minimum absolute atomic E-state index is 0.400. The molecule has 0 atom stereocenters. The summed E-state index contributed by atoms with van der Waals surface area (Å²) in [6.45, 7) is 0. The molecule has 1 heterocycles. The zero-order chi connectivity index (χ0) is 32.1. The van der Waals surface area contributed by atoms with Gasteiger partial charge in [-0.2, -0.15) is 0 Å². The maximum absolute atomic E-state index is 6.54. The van der Waals surface area contributed by atoms with E-state index in [1.807, 2.05) is 0 Å².